The minimum atomic E-state index is 0.589. The van der Waals surface area contributed by atoms with Gasteiger partial charge in [-0.2, -0.15) is 0 Å². The quantitative estimate of drug-likeness (QED) is 0.762. The number of nitrogens with one attached hydrogen (secondary N) is 1. The molecule has 0 aliphatic heterocycles. The fourth-order valence-electron chi connectivity index (χ4n) is 2.25. The molecule has 0 saturated heterocycles. The van der Waals surface area contributed by atoms with E-state index in [4.69, 9.17) is 4.74 Å². The standard InChI is InChI=1S/C16H25NO/c1-3-18-12-14(11-17-16-8-9-16)10-15-7-5-4-6-13(15)2/h4-7,14,16-17H,3,8-12H2,1-2H3. The lowest BCUT2D eigenvalue weighted by atomic mass is 9.96. The maximum Gasteiger partial charge on any atom is 0.0509 e. The summed E-state index contributed by atoms with van der Waals surface area (Å²) in [7, 11) is 0. The average molecular weight is 247 g/mol. The van der Waals surface area contributed by atoms with Crippen LogP contribution < -0.4 is 5.32 Å². The molecular weight excluding hydrogens is 222 g/mol. The fraction of sp³-hybridized carbons (Fsp3) is 0.625. The molecule has 1 N–H and O–H groups in total. The SMILES string of the molecule is CCOCC(CNC1CC1)Cc1ccccc1C. The molecule has 0 amide bonds. The topological polar surface area (TPSA) is 21.3 Å². The van der Waals surface area contributed by atoms with E-state index in [1.807, 2.05) is 0 Å². The minimum absolute atomic E-state index is 0.589. The van der Waals surface area contributed by atoms with Gasteiger partial charge in [0, 0.05) is 19.2 Å². The Labute approximate surface area is 111 Å². The van der Waals surface area contributed by atoms with Crippen LogP contribution in [0.5, 0.6) is 0 Å². The zero-order chi connectivity index (χ0) is 12.8. The summed E-state index contributed by atoms with van der Waals surface area (Å²) >= 11 is 0. The highest BCUT2D eigenvalue weighted by Gasteiger charge is 2.22. The van der Waals surface area contributed by atoms with Crippen LogP contribution in [0.4, 0.5) is 0 Å². The fourth-order valence-corrected chi connectivity index (χ4v) is 2.25. The molecule has 1 atom stereocenters. The zero-order valence-electron chi connectivity index (χ0n) is 11.6. The van der Waals surface area contributed by atoms with Gasteiger partial charge in [0.05, 0.1) is 6.61 Å². The smallest absolute Gasteiger partial charge is 0.0509 e. The molecule has 1 saturated carbocycles. The summed E-state index contributed by atoms with van der Waals surface area (Å²) in [5.41, 5.74) is 2.85. The highest BCUT2D eigenvalue weighted by molar-refractivity contribution is 5.26. The lowest BCUT2D eigenvalue weighted by Gasteiger charge is -2.18. The summed E-state index contributed by atoms with van der Waals surface area (Å²) < 4.78 is 5.62. The van der Waals surface area contributed by atoms with Crippen molar-refractivity contribution in [2.24, 2.45) is 5.92 Å². The van der Waals surface area contributed by atoms with Gasteiger partial charge >= 0.3 is 0 Å². The van der Waals surface area contributed by atoms with Crippen molar-refractivity contribution in [3.05, 3.63) is 35.4 Å². The Hall–Kier alpha value is -0.860. The average Bonchev–Trinajstić information content (AvgIpc) is 3.19. The van der Waals surface area contributed by atoms with Crippen molar-refractivity contribution in [1.29, 1.82) is 0 Å². The summed E-state index contributed by atoms with van der Waals surface area (Å²) in [4.78, 5) is 0. The molecule has 2 rings (SSSR count). The monoisotopic (exact) mass is 247 g/mol. The van der Waals surface area contributed by atoms with Crippen molar-refractivity contribution in [3.63, 3.8) is 0 Å². The van der Waals surface area contributed by atoms with Crippen LogP contribution in [-0.2, 0) is 11.2 Å². The van der Waals surface area contributed by atoms with Crippen LogP contribution in [0.1, 0.15) is 30.9 Å². The van der Waals surface area contributed by atoms with Gasteiger partial charge in [-0.25, -0.2) is 0 Å². The first-order valence-electron chi connectivity index (χ1n) is 7.15. The van der Waals surface area contributed by atoms with Gasteiger partial charge in [-0.05, 0) is 50.2 Å². The molecular formula is C16H25NO. The molecule has 0 spiro atoms. The summed E-state index contributed by atoms with van der Waals surface area (Å²) in [5, 5.41) is 3.63. The van der Waals surface area contributed by atoms with Crippen LogP contribution in [0.15, 0.2) is 24.3 Å². The van der Waals surface area contributed by atoms with Crippen molar-refractivity contribution in [2.75, 3.05) is 19.8 Å². The molecule has 1 aliphatic carbocycles. The van der Waals surface area contributed by atoms with E-state index >= 15 is 0 Å². The highest BCUT2D eigenvalue weighted by atomic mass is 16.5. The summed E-state index contributed by atoms with van der Waals surface area (Å²) in [6.45, 7) is 7.03. The molecule has 1 aromatic rings. The van der Waals surface area contributed by atoms with Crippen molar-refractivity contribution in [1.82, 2.24) is 5.32 Å². The largest absolute Gasteiger partial charge is 0.381 e. The molecule has 1 unspecified atom stereocenters. The summed E-state index contributed by atoms with van der Waals surface area (Å²) in [5.74, 6) is 0.589. The maximum absolute atomic E-state index is 5.62. The van der Waals surface area contributed by atoms with E-state index in [1.54, 1.807) is 0 Å². The van der Waals surface area contributed by atoms with Crippen molar-refractivity contribution in [2.45, 2.75) is 39.2 Å². The molecule has 0 radical (unpaired) electrons. The van der Waals surface area contributed by atoms with Gasteiger partial charge in [-0.3, -0.25) is 0 Å². The number of hydrogen-bond donors (Lipinski definition) is 1. The Bertz CT molecular complexity index is 360. The van der Waals surface area contributed by atoms with Gasteiger partial charge in [-0.1, -0.05) is 24.3 Å². The second-order valence-corrected chi connectivity index (χ2v) is 5.34. The Morgan fingerprint density at radius 2 is 2.11 bits per heavy atom. The lowest BCUT2D eigenvalue weighted by Crippen LogP contribution is -2.29. The minimum Gasteiger partial charge on any atom is -0.381 e. The van der Waals surface area contributed by atoms with E-state index in [1.165, 1.54) is 24.0 Å². The third-order valence-corrected chi connectivity index (χ3v) is 3.60. The van der Waals surface area contributed by atoms with E-state index in [0.29, 0.717) is 5.92 Å². The molecule has 0 heterocycles. The Morgan fingerprint density at radius 1 is 1.33 bits per heavy atom. The summed E-state index contributed by atoms with van der Waals surface area (Å²) in [6, 6.07) is 9.46. The van der Waals surface area contributed by atoms with E-state index < -0.39 is 0 Å². The molecule has 0 aromatic heterocycles. The van der Waals surface area contributed by atoms with Gasteiger partial charge in [0.1, 0.15) is 0 Å². The predicted octanol–water partition coefficient (Wildman–Crippen LogP) is 2.94. The maximum atomic E-state index is 5.62. The second-order valence-electron chi connectivity index (χ2n) is 5.34. The Morgan fingerprint density at radius 3 is 2.78 bits per heavy atom. The molecule has 2 nitrogen and oxygen atoms in total. The van der Waals surface area contributed by atoms with Crippen molar-refractivity contribution >= 4 is 0 Å². The van der Waals surface area contributed by atoms with Gasteiger partial charge in [0.15, 0.2) is 0 Å². The van der Waals surface area contributed by atoms with E-state index in [9.17, 15) is 0 Å². The van der Waals surface area contributed by atoms with Gasteiger partial charge in [0.2, 0.25) is 0 Å². The van der Waals surface area contributed by atoms with Crippen LogP contribution in [0.2, 0.25) is 0 Å². The third kappa shape index (κ3) is 4.43. The first-order chi connectivity index (χ1) is 8.79. The normalized spacial score (nSPS) is 16.8. The van der Waals surface area contributed by atoms with Crippen molar-refractivity contribution < 1.29 is 4.74 Å². The summed E-state index contributed by atoms with van der Waals surface area (Å²) in [6.07, 6.45) is 3.82. The molecule has 18 heavy (non-hydrogen) atoms. The number of ether oxygens (including phenoxy) is 1. The highest BCUT2D eigenvalue weighted by Crippen LogP contribution is 2.20. The first-order valence-corrected chi connectivity index (χ1v) is 7.15. The number of hydrogen-bond acceptors (Lipinski definition) is 2. The lowest BCUT2D eigenvalue weighted by molar-refractivity contribution is 0.109. The van der Waals surface area contributed by atoms with Crippen LogP contribution >= 0.6 is 0 Å². The molecule has 2 heteroatoms. The molecule has 0 bridgehead atoms. The molecule has 1 aliphatic rings. The third-order valence-electron chi connectivity index (χ3n) is 3.60. The number of rotatable bonds is 8. The van der Waals surface area contributed by atoms with Gasteiger partial charge in [0.25, 0.3) is 0 Å². The van der Waals surface area contributed by atoms with Gasteiger partial charge < -0.3 is 10.1 Å². The van der Waals surface area contributed by atoms with Crippen LogP contribution in [0.3, 0.4) is 0 Å². The zero-order valence-corrected chi connectivity index (χ0v) is 11.6. The van der Waals surface area contributed by atoms with E-state index in [2.05, 4.69) is 43.4 Å². The van der Waals surface area contributed by atoms with E-state index in [0.717, 1.165) is 32.2 Å². The second kappa shape index (κ2) is 6.91. The van der Waals surface area contributed by atoms with Crippen LogP contribution in [0, 0.1) is 12.8 Å². The van der Waals surface area contributed by atoms with E-state index in [-0.39, 0.29) is 0 Å². The molecule has 1 fully saturated rings. The van der Waals surface area contributed by atoms with Crippen LogP contribution in [0.25, 0.3) is 0 Å². The molecule has 100 valence electrons. The first kappa shape index (κ1) is 13.6. The molecule has 1 aromatic carbocycles. The van der Waals surface area contributed by atoms with Crippen molar-refractivity contribution in [3.8, 4) is 0 Å². The van der Waals surface area contributed by atoms with Gasteiger partial charge in [-0.15, -0.1) is 0 Å². The predicted molar refractivity (Wildman–Crippen MR) is 75.9 cm³/mol. The number of benzene rings is 1. The number of aryl methyl sites for hydroxylation is 1. The van der Waals surface area contributed by atoms with Crippen LogP contribution in [-0.4, -0.2) is 25.8 Å². The Balaban J connectivity index is 1.87. The Kier molecular flexibility index (Phi) is 5.21.